The fraction of sp³-hybridized carbons (Fsp3) is 0.174. The minimum Gasteiger partial charge on any atom is -0.480 e. The molecule has 158 valence electrons. The molecule has 4 aromatic rings. The third-order valence-electron chi connectivity index (χ3n) is 5.22. The normalized spacial score (nSPS) is 12.2. The number of carboxylic acids is 1. The lowest BCUT2D eigenvalue weighted by molar-refractivity contribution is -0.141. The number of rotatable bonds is 5. The minimum absolute atomic E-state index is 0.190. The van der Waals surface area contributed by atoms with E-state index < -0.39 is 23.5 Å². The van der Waals surface area contributed by atoms with E-state index in [1.165, 1.54) is 6.92 Å². The molecule has 2 heterocycles. The Labute approximate surface area is 184 Å². The predicted molar refractivity (Wildman–Crippen MR) is 119 cm³/mol. The van der Waals surface area contributed by atoms with Gasteiger partial charge in [0.1, 0.15) is 17.2 Å². The molecule has 0 fully saturated rings. The summed E-state index contributed by atoms with van der Waals surface area (Å²) in [6.45, 7) is 3.10. The summed E-state index contributed by atoms with van der Waals surface area (Å²) in [5.41, 5.74) is 2.96. The molecule has 0 spiro atoms. The SMILES string of the molecule is Cc1c(CC(=O)N[C@@H](C)C(=O)O)c(=O)oc2cc3occ(-c4ccc(Br)cc4)c3cc12. The molecule has 0 bridgehead atoms. The quantitative estimate of drug-likeness (QED) is 0.406. The van der Waals surface area contributed by atoms with E-state index in [1.807, 2.05) is 30.3 Å². The molecule has 0 radical (unpaired) electrons. The maximum Gasteiger partial charge on any atom is 0.340 e. The molecule has 0 aliphatic rings. The van der Waals surface area contributed by atoms with Crippen molar-refractivity contribution in [1.29, 1.82) is 0 Å². The first-order valence-electron chi connectivity index (χ1n) is 9.50. The number of carbonyl (C=O) groups is 2. The number of aryl methyl sites for hydroxylation is 1. The number of hydrogen-bond acceptors (Lipinski definition) is 5. The van der Waals surface area contributed by atoms with Crippen molar-refractivity contribution in [3.05, 3.63) is 68.7 Å². The van der Waals surface area contributed by atoms with E-state index in [0.717, 1.165) is 21.0 Å². The van der Waals surface area contributed by atoms with Crippen molar-refractivity contribution in [3.8, 4) is 11.1 Å². The van der Waals surface area contributed by atoms with Gasteiger partial charge in [0, 0.05) is 26.9 Å². The lowest BCUT2D eigenvalue weighted by Crippen LogP contribution is -2.39. The average molecular weight is 484 g/mol. The highest BCUT2D eigenvalue weighted by Crippen LogP contribution is 2.35. The van der Waals surface area contributed by atoms with Gasteiger partial charge in [0.05, 0.1) is 18.2 Å². The Morgan fingerprint density at radius 2 is 1.84 bits per heavy atom. The summed E-state index contributed by atoms with van der Waals surface area (Å²) in [6, 6.07) is 10.3. The molecule has 4 rings (SSSR count). The number of fused-ring (bicyclic) bond motifs is 2. The van der Waals surface area contributed by atoms with E-state index in [1.54, 1.807) is 19.3 Å². The molecule has 31 heavy (non-hydrogen) atoms. The number of halogens is 1. The van der Waals surface area contributed by atoms with Crippen LogP contribution in [0.4, 0.5) is 0 Å². The largest absolute Gasteiger partial charge is 0.480 e. The van der Waals surface area contributed by atoms with Crippen LogP contribution in [0.2, 0.25) is 0 Å². The van der Waals surface area contributed by atoms with Gasteiger partial charge < -0.3 is 19.3 Å². The molecule has 0 saturated heterocycles. The molecular weight excluding hydrogens is 466 g/mol. The zero-order valence-electron chi connectivity index (χ0n) is 16.7. The third kappa shape index (κ3) is 3.98. The van der Waals surface area contributed by atoms with Crippen LogP contribution in [0, 0.1) is 6.92 Å². The average Bonchev–Trinajstić information content (AvgIpc) is 3.13. The van der Waals surface area contributed by atoms with Crippen LogP contribution in [0.5, 0.6) is 0 Å². The summed E-state index contributed by atoms with van der Waals surface area (Å²) in [4.78, 5) is 35.7. The summed E-state index contributed by atoms with van der Waals surface area (Å²) in [7, 11) is 0. The Morgan fingerprint density at radius 3 is 2.52 bits per heavy atom. The maximum absolute atomic E-state index is 12.5. The number of nitrogens with one attached hydrogen (secondary N) is 1. The second-order valence-corrected chi connectivity index (χ2v) is 8.21. The highest BCUT2D eigenvalue weighted by atomic mass is 79.9. The van der Waals surface area contributed by atoms with Crippen LogP contribution in [0.1, 0.15) is 18.1 Å². The van der Waals surface area contributed by atoms with Crippen molar-refractivity contribution in [2.24, 2.45) is 0 Å². The van der Waals surface area contributed by atoms with E-state index in [2.05, 4.69) is 21.2 Å². The number of amides is 1. The van der Waals surface area contributed by atoms with Crippen LogP contribution in [0.15, 0.2) is 60.8 Å². The summed E-state index contributed by atoms with van der Waals surface area (Å²) < 4.78 is 12.1. The highest BCUT2D eigenvalue weighted by Gasteiger charge is 2.20. The second-order valence-electron chi connectivity index (χ2n) is 7.30. The van der Waals surface area contributed by atoms with Crippen molar-refractivity contribution in [2.45, 2.75) is 26.3 Å². The minimum atomic E-state index is -1.15. The molecule has 0 saturated carbocycles. The topological polar surface area (TPSA) is 110 Å². The number of aliphatic carboxylic acids is 1. The highest BCUT2D eigenvalue weighted by molar-refractivity contribution is 9.10. The van der Waals surface area contributed by atoms with Crippen molar-refractivity contribution in [3.63, 3.8) is 0 Å². The predicted octanol–water partition coefficient (Wildman–Crippen LogP) is 4.41. The first-order chi connectivity index (χ1) is 14.7. The van der Waals surface area contributed by atoms with Crippen molar-refractivity contribution in [2.75, 3.05) is 0 Å². The molecule has 7 nitrogen and oxygen atoms in total. The molecular formula is C23H18BrNO6. The van der Waals surface area contributed by atoms with Crippen LogP contribution in [-0.4, -0.2) is 23.0 Å². The number of carbonyl (C=O) groups excluding carboxylic acids is 1. The zero-order chi connectivity index (χ0) is 22.3. The molecule has 0 aliphatic heterocycles. The number of furan rings is 1. The van der Waals surface area contributed by atoms with E-state index in [0.29, 0.717) is 22.1 Å². The van der Waals surface area contributed by atoms with Crippen molar-refractivity contribution in [1.82, 2.24) is 5.32 Å². The smallest absolute Gasteiger partial charge is 0.340 e. The van der Waals surface area contributed by atoms with E-state index >= 15 is 0 Å². The van der Waals surface area contributed by atoms with Gasteiger partial charge in [-0.3, -0.25) is 9.59 Å². The summed E-state index contributed by atoms with van der Waals surface area (Å²) >= 11 is 3.43. The first kappa shape index (κ1) is 20.9. The van der Waals surface area contributed by atoms with Gasteiger partial charge in [-0.1, -0.05) is 28.1 Å². The Hall–Kier alpha value is -3.39. The molecule has 2 N–H and O–H groups in total. The van der Waals surface area contributed by atoms with E-state index in [-0.39, 0.29) is 12.0 Å². The Morgan fingerprint density at radius 1 is 1.13 bits per heavy atom. The Bertz CT molecular complexity index is 1380. The summed E-state index contributed by atoms with van der Waals surface area (Å²) in [6.07, 6.45) is 1.38. The molecule has 2 aromatic carbocycles. The monoisotopic (exact) mass is 483 g/mol. The van der Waals surface area contributed by atoms with Crippen LogP contribution < -0.4 is 10.9 Å². The molecule has 2 aromatic heterocycles. The van der Waals surface area contributed by atoms with Crippen LogP contribution >= 0.6 is 15.9 Å². The van der Waals surface area contributed by atoms with Crippen LogP contribution in [-0.2, 0) is 16.0 Å². The second kappa shape index (κ2) is 8.03. The number of carboxylic acid groups (broad SMARTS) is 1. The summed E-state index contributed by atoms with van der Waals surface area (Å²) in [5, 5.41) is 12.8. The maximum atomic E-state index is 12.5. The standard InChI is InChI=1S/C23H18BrNO6/c1-11-15-7-17-18(13-3-5-14(24)6-4-13)10-30-19(17)9-20(15)31-23(29)16(11)8-21(26)25-12(2)22(27)28/h3-7,9-10,12H,8H2,1-2H3,(H,25,26)(H,27,28)/t12-/m0/s1. The van der Waals surface area contributed by atoms with Gasteiger partial charge in [-0.25, -0.2) is 4.79 Å². The van der Waals surface area contributed by atoms with Gasteiger partial charge in [0.25, 0.3) is 0 Å². The number of benzene rings is 2. The molecule has 0 aliphatic carbocycles. The molecule has 0 unspecified atom stereocenters. The van der Waals surface area contributed by atoms with Gasteiger partial charge >= 0.3 is 11.6 Å². The van der Waals surface area contributed by atoms with Gasteiger partial charge in [0.15, 0.2) is 0 Å². The van der Waals surface area contributed by atoms with E-state index in [4.69, 9.17) is 13.9 Å². The molecule has 8 heteroatoms. The van der Waals surface area contributed by atoms with Crippen LogP contribution in [0.25, 0.3) is 33.1 Å². The van der Waals surface area contributed by atoms with Crippen molar-refractivity contribution >= 4 is 49.7 Å². The number of hydrogen-bond donors (Lipinski definition) is 2. The molecule has 1 atom stereocenters. The fourth-order valence-corrected chi connectivity index (χ4v) is 3.75. The van der Waals surface area contributed by atoms with Gasteiger partial charge in [-0.15, -0.1) is 0 Å². The summed E-state index contributed by atoms with van der Waals surface area (Å²) in [5.74, 6) is -1.72. The third-order valence-corrected chi connectivity index (χ3v) is 5.75. The van der Waals surface area contributed by atoms with Gasteiger partial charge in [0.2, 0.25) is 5.91 Å². The van der Waals surface area contributed by atoms with Crippen LogP contribution in [0.3, 0.4) is 0 Å². The lowest BCUT2D eigenvalue weighted by Gasteiger charge is -2.11. The molecule has 1 amide bonds. The first-order valence-corrected chi connectivity index (χ1v) is 10.3. The van der Waals surface area contributed by atoms with E-state index in [9.17, 15) is 14.4 Å². The lowest BCUT2D eigenvalue weighted by atomic mass is 9.99. The van der Waals surface area contributed by atoms with Crippen molar-refractivity contribution < 1.29 is 23.5 Å². The zero-order valence-corrected chi connectivity index (χ0v) is 18.3. The van der Waals surface area contributed by atoms with Gasteiger partial charge in [-0.2, -0.15) is 0 Å². The Balaban J connectivity index is 1.79. The van der Waals surface area contributed by atoms with Gasteiger partial charge in [-0.05, 0) is 43.2 Å². The fourth-order valence-electron chi connectivity index (χ4n) is 3.48. The Kier molecular flexibility index (Phi) is 5.41.